The number of carbonyl (C=O) groups excluding carboxylic acids is 3. The summed E-state index contributed by atoms with van der Waals surface area (Å²) >= 11 is 1.42. The minimum absolute atomic E-state index is 0.0301. The topological polar surface area (TPSA) is 78.2 Å². The van der Waals surface area contributed by atoms with Crippen LogP contribution in [0.15, 0.2) is 60.7 Å². The Kier molecular flexibility index (Phi) is 5.18. The van der Waals surface area contributed by atoms with Crippen LogP contribution in [0.1, 0.15) is 60.2 Å². The van der Waals surface area contributed by atoms with Crippen LogP contribution in [0, 0.1) is 34.0 Å². The van der Waals surface area contributed by atoms with Crippen LogP contribution in [-0.2, 0) is 27.2 Å². The van der Waals surface area contributed by atoms with Crippen LogP contribution in [0.25, 0.3) is 11.1 Å². The molecular weight excluding hydrogens is 504 g/mol. The minimum Gasteiger partial charge on any atom is -0.298 e. The number of anilines is 1. The molecule has 2 fully saturated rings. The molecule has 0 radical (unpaired) electrons. The lowest BCUT2D eigenvalue weighted by molar-refractivity contribution is -0.134. The molecule has 3 aliphatic carbocycles. The molecule has 39 heavy (non-hydrogen) atoms. The van der Waals surface area contributed by atoms with E-state index in [1.54, 1.807) is 0 Å². The van der Waals surface area contributed by atoms with E-state index in [0.29, 0.717) is 17.0 Å². The summed E-state index contributed by atoms with van der Waals surface area (Å²) in [6.07, 6.45) is 4.13. The number of ketones is 1. The molecule has 2 heterocycles. The van der Waals surface area contributed by atoms with Crippen LogP contribution in [0.2, 0.25) is 0 Å². The molecule has 194 valence electrons. The lowest BCUT2D eigenvalue weighted by Crippen LogP contribution is -2.41. The number of thiophene rings is 1. The second-order valence-electron chi connectivity index (χ2n) is 11.3. The summed E-state index contributed by atoms with van der Waals surface area (Å²) in [4.78, 5) is 45.9. The lowest BCUT2D eigenvalue weighted by Gasteiger charge is -2.37. The van der Waals surface area contributed by atoms with E-state index >= 15 is 0 Å². The number of amides is 2. The van der Waals surface area contributed by atoms with Gasteiger partial charge in [-0.25, -0.2) is 4.90 Å². The number of imide groups is 1. The largest absolute Gasteiger partial charge is 0.298 e. The lowest BCUT2D eigenvalue weighted by atomic mass is 9.62. The summed E-state index contributed by atoms with van der Waals surface area (Å²) in [6, 6.07) is 22.0. The van der Waals surface area contributed by atoms with Crippen LogP contribution in [0.4, 0.5) is 5.00 Å². The van der Waals surface area contributed by atoms with Crippen LogP contribution in [-0.4, -0.2) is 17.6 Å². The normalized spacial score (nSPS) is 29.2. The molecule has 4 atom stereocenters. The number of aryl methyl sites for hydroxylation is 1. The molecule has 1 aliphatic heterocycles. The zero-order chi connectivity index (χ0) is 27.1. The van der Waals surface area contributed by atoms with Crippen LogP contribution < -0.4 is 4.90 Å². The first-order valence-electron chi connectivity index (χ1n) is 13.7. The Labute approximate surface area is 231 Å². The number of carbonyl (C=O) groups is 3. The van der Waals surface area contributed by atoms with Crippen LogP contribution >= 0.6 is 11.3 Å². The molecule has 3 aromatic rings. The Bertz CT molecular complexity index is 1650. The third-order valence-corrected chi connectivity index (χ3v) is 11.0. The molecule has 4 aliphatic rings. The molecule has 6 heteroatoms. The van der Waals surface area contributed by atoms with Crippen molar-refractivity contribution in [3.05, 3.63) is 87.8 Å². The van der Waals surface area contributed by atoms with E-state index in [1.165, 1.54) is 16.2 Å². The van der Waals surface area contributed by atoms with Crippen molar-refractivity contribution in [3.8, 4) is 6.07 Å². The summed E-state index contributed by atoms with van der Waals surface area (Å²) in [7, 11) is 0. The van der Waals surface area contributed by atoms with E-state index in [-0.39, 0.29) is 17.6 Å². The second kappa shape index (κ2) is 8.34. The number of nitrogens with zero attached hydrogens (tertiary/aromatic N) is 2. The monoisotopic (exact) mass is 532 g/mol. The zero-order valence-corrected chi connectivity index (χ0v) is 22.8. The number of Topliss-reactive ketones (excluding diaryl/α,β-unsaturated/α-hetero) is 1. The summed E-state index contributed by atoms with van der Waals surface area (Å²) in [6.45, 7) is 3.84. The highest BCUT2D eigenvalue weighted by atomic mass is 32.1. The number of hydrogen-bond acceptors (Lipinski definition) is 5. The van der Waals surface area contributed by atoms with Crippen LogP contribution in [0.5, 0.6) is 0 Å². The number of allylic oxidation sites excluding steroid dienone is 2. The molecular formula is C33H28N2O3S. The zero-order valence-electron chi connectivity index (χ0n) is 22.0. The van der Waals surface area contributed by atoms with Crippen molar-refractivity contribution in [1.29, 1.82) is 5.26 Å². The standard InChI is InChI=1S/C33H28N2O3S/c1-3-33-25(20-14-8-5-9-15-20)24(19-12-6-4-7-13-19)32(2,31(33)38)26-27(33)29(37)35(28(26)36)30-22(18-34)21-16-10-11-17-23(21)39-30/h4-9,12-15,26-27H,3,10-11,16-17H2,1-2H3/t26-,27+,32-,33+/m0/s1. The van der Waals surface area contributed by atoms with E-state index in [1.807, 2.05) is 74.5 Å². The summed E-state index contributed by atoms with van der Waals surface area (Å²) in [5, 5.41) is 10.6. The van der Waals surface area contributed by atoms with Gasteiger partial charge in [-0.3, -0.25) is 14.4 Å². The predicted octanol–water partition coefficient (Wildman–Crippen LogP) is 6.21. The molecule has 1 aromatic heterocycles. The number of benzene rings is 2. The Morgan fingerprint density at radius 2 is 1.49 bits per heavy atom. The summed E-state index contributed by atoms with van der Waals surface area (Å²) in [5.41, 5.74) is 2.74. The second-order valence-corrected chi connectivity index (χ2v) is 12.4. The highest BCUT2D eigenvalue weighted by molar-refractivity contribution is 7.17. The Morgan fingerprint density at radius 1 is 0.897 bits per heavy atom. The van der Waals surface area contributed by atoms with Crippen molar-refractivity contribution in [2.45, 2.75) is 46.0 Å². The fourth-order valence-electron chi connectivity index (χ4n) is 8.15. The maximum absolute atomic E-state index is 14.6. The van der Waals surface area contributed by atoms with Gasteiger partial charge in [-0.05, 0) is 66.9 Å². The Morgan fingerprint density at radius 3 is 2.10 bits per heavy atom. The fraction of sp³-hybridized carbons (Fsp3) is 0.333. The van der Waals surface area contributed by atoms with Gasteiger partial charge >= 0.3 is 0 Å². The van der Waals surface area contributed by atoms with E-state index in [4.69, 9.17) is 0 Å². The van der Waals surface area contributed by atoms with Gasteiger partial charge in [0.1, 0.15) is 11.1 Å². The fourth-order valence-corrected chi connectivity index (χ4v) is 9.50. The molecule has 0 unspecified atom stereocenters. The van der Waals surface area contributed by atoms with Crippen molar-refractivity contribution >= 4 is 45.1 Å². The molecule has 1 saturated carbocycles. The maximum atomic E-state index is 14.6. The molecule has 0 N–H and O–H groups in total. The van der Waals surface area contributed by atoms with Gasteiger partial charge in [-0.1, -0.05) is 67.6 Å². The third kappa shape index (κ3) is 2.81. The first kappa shape index (κ1) is 24.2. The first-order valence-corrected chi connectivity index (χ1v) is 14.6. The number of hydrogen-bond donors (Lipinski definition) is 0. The molecule has 5 nitrogen and oxygen atoms in total. The number of nitriles is 1. The van der Waals surface area contributed by atoms with Crippen molar-refractivity contribution < 1.29 is 14.4 Å². The Balaban J connectivity index is 1.48. The highest BCUT2D eigenvalue weighted by Gasteiger charge is 2.80. The van der Waals surface area contributed by atoms with Crippen molar-refractivity contribution in [2.24, 2.45) is 22.7 Å². The molecule has 2 bridgehead atoms. The third-order valence-electron chi connectivity index (χ3n) is 9.70. The van der Waals surface area contributed by atoms with Crippen LogP contribution in [0.3, 0.4) is 0 Å². The summed E-state index contributed by atoms with van der Waals surface area (Å²) in [5.74, 6) is -2.30. The maximum Gasteiger partial charge on any atom is 0.239 e. The van der Waals surface area contributed by atoms with Gasteiger partial charge < -0.3 is 0 Å². The molecule has 7 rings (SSSR count). The van der Waals surface area contributed by atoms with Crippen molar-refractivity contribution in [2.75, 3.05) is 4.90 Å². The molecule has 1 saturated heterocycles. The minimum atomic E-state index is -1.15. The van der Waals surface area contributed by atoms with Gasteiger partial charge in [0.05, 0.1) is 28.2 Å². The summed E-state index contributed by atoms with van der Waals surface area (Å²) < 4.78 is 0. The van der Waals surface area contributed by atoms with Gasteiger partial charge in [-0.2, -0.15) is 5.26 Å². The quantitative estimate of drug-likeness (QED) is 0.374. The average Bonchev–Trinajstić information content (AvgIpc) is 3.59. The van der Waals surface area contributed by atoms with Gasteiger partial charge in [0.15, 0.2) is 5.78 Å². The Hall–Kier alpha value is -3.82. The predicted molar refractivity (Wildman–Crippen MR) is 151 cm³/mol. The van der Waals surface area contributed by atoms with Gasteiger partial charge in [0.2, 0.25) is 11.8 Å². The molecule has 2 amide bonds. The average molecular weight is 533 g/mol. The molecule has 0 spiro atoms. The molecule has 2 aromatic carbocycles. The number of fused-ring (bicyclic) bond motifs is 6. The first-order chi connectivity index (χ1) is 18.9. The van der Waals surface area contributed by atoms with E-state index in [2.05, 4.69) is 6.07 Å². The SMILES string of the molecule is CC[C@@]12C(=O)[C@@](C)(C(c3ccccc3)=C1c1ccccc1)[C@@H]1C(=O)N(c3sc4c(c3C#N)CCCC4)C(=O)[C@@H]12. The van der Waals surface area contributed by atoms with E-state index in [9.17, 15) is 19.6 Å². The number of rotatable bonds is 4. The highest BCUT2D eigenvalue weighted by Crippen LogP contribution is 2.74. The van der Waals surface area contributed by atoms with Gasteiger partial charge in [-0.15, -0.1) is 11.3 Å². The smallest absolute Gasteiger partial charge is 0.239 e. The van der Waals surface area contributed by atoms with Gasteiger partial charge in [0.25, 0.3) is 0 Å². The van der Waals surface area contributed by atoms with Gasteiger partial charge in [0, 0.05) is 4.88 Å². The van der Waals surface area contributed by atoms with Crippen molar-refractivity contribution in [3.63, 3.8) is 0 Å². The van der Waals surface area contributed by atoms with E-state index in [0.717, 1.165) is 58.4 Å². The van der Waals surface area contributed by atoms with E-state index < -0.39 is 22.7 Å². The van der Waals surface area contributed by atoms with Crippen molar-refractivity contribution in [1.82, 2.24) is 0 Å².